The number of nitrogens with zero attached hydrogens (tertiary/aromatic N) is 2. The van der Waals surface area contributed by atoms with Gasteiger partial charge in [0.1, 0.15) is 0 Å². The molecule has 11 heavy (non-hydrogen) atoms. The lowest BCUT2D eigenvalue weighted by Crippen LogP contribution is -2.12. The second-order valence-electron chi connectivity index (χ2n) is 2.56. The number of aromatic nitrogens is 2. The van der Waals surface area contributed by atoms with Gasteiger partial charge in [-0.2, -0.15) is 5.10 Å². The van der Waals surface area contributed by atoms with E-state index in [2.05, 4.69) is 5.10 Å². The molecule has 0 bridgehead atoms. The topological polar surface area (TPSA) is 64.1 Å². The van der Waals surface area contributed by atoms with E-state index in [1.54, 1.807) is 10.9 Å². The van der Waals surface area contributed by atoms with Gasteiger partial charge in [-0.3, -0.25) is 4.68 Å². The highest BCUT2D eigenvalue weighted by atomic mass is 16.3. The molecule has 4 heteroatoms. The fourth-order valence-electron chi connectivity index (χ4n) is 0.970. The van der Waals surface area contributed by atoms with Crippen molar-refractivity contribution in [3.63, 3.8) is 0 Å². The zero-order valence-corrected chi connectivity index (χ0v) is 6.78. The molecule has 0 spiro atoms. The number of rotatable bonds is 2. The van der Waals surface area contributed by atoms with Gasteiger partial charge in [-0.25, -0.2) is 0 Å². The van der Waals surface area contributed by atoms with Gasteiger partial charge < -0.3 is 10.8 Å². The highest BCUT2D eigenvalue weighted by Gasteiger charge is 2.10. The molecule has 3 N–H and O–H groups in total. The third kappa shape index (κ3) is 1.41. The fraction of sp³-hybridized carbons (Fsp3) is 0.571. The molecule has 0 aliphatic carbocycles. The first kappa shape index (κ1) is 8.23. The number of hydrogen-bond acceptors (Lipinski definition) is 3. The minimum absolute atomic E-state index is 0.243. The average Bonchev–Trinajstić information content (AvgIpc) is 2.32. The van der Waals surface area contributed by atoms with E-state index in [0.29, 0.717) is 0 Å². The zero-order chi connectivity index (χ0) is 8.43. The maximum atomic E-state index is 9.35. The summed E-state index contributed by atoms with van der Waals surface area (Å²) in [6.07, 6.45) is 1.07. The van der Waals surface area contributed by atoms with Gasteiger partial charge in [-0.05, 0) is 6.92 Å². The predicted molar refractivity (Wildman–Crippen MR) is 42.0 cm³/mol. The molecule has 0 aliphatic rings. The molecule has 1 heterocycles. The van der Waals surface area contributed by atoms with Crippen LogP contribution < -0.4 is 5.73 Å². The van der Waals surface area contributed by atoms with Crippen LogP contribution in [0.4, 0.5) is 0 Å². The summed E-state index contributed by atoms with van der Waals surface area (Å²) in [6, 6.07) is 0. The van der Waals surface area contributed by atoms with Gasteiger partial charge in [0.05, 0.1) is 12.3 Å². The third-order valence-electron chi connectivity index (χ3n) is 1.86. The molecule has 0 aromatic carbocycles. The van der Waals surface area contributed by atoms with Gasteiger partial charge in [0.2, 0.25) is 0 Å². The first-order valence-corrected chi connectivity index (χ1v) is 3.53. The number of aryl methyl sites for hydroxylation is 1. The summed E-state index contributed by atoms with van der Waals surface area (Å²) in [4.78, 5) is 0. The van der Waals surface area contributed by atoms with Gasteiger partial charge in [-0.15, -0.1) is 0 Å². The molecule has 0 amide bonds. The molecule has 1 rings (SSSR count). The average molecular weight is 155 g/mol. The van der Waals surface area contributed by atoms with Gasteiger partial charge in [0.15, 0.2) is 0 Å². The van der Waals surface area contributed by atoms with Crippen molar-refractivity contribution in [2.75, 3.05) is 6.54 Å². The van der Waals surface area contributed by atoms with E-state index in [9.17, 15) is 5.11 Å². The van der Waals surface area contributed by atoms with Crippen LogP contribution in [0.1, 0.15) is 17.4 Å². The maximum Gasteiger partial charge on any atom is 0.0945 e. The molecule has 0 saturated heterocycles. The van der Waals surface area contributed by atoms with E-state index in [1.165, 1.54) is 0 Å². The van der Waals surface area contributed by atoms with Crippen LogP contribution in [0.2, 0.25) is 0 Å². The minimum atomic E-state index is -0.580. The second kappa shape index (κ2) is 3.02. The Morgan fingerprint density at radius 3 is 2.82 bits per heavy atom. The van der Waals surface area contributed by atoms with Crippen LogP contribution in [0.15, 0.2) is 6.20 Å². The molecule has 0 fully saturated rings. The molecular weight excluding hydrogens is 142 g/mol. The van der Waals surface area contributed by atoms with Crippen LogP contribution in [0.25, 0.3) is 0 Å². The highest BCUT2D eigenvalue weighted by molar-refractivity contribution is 5.18. The fourth-order valence-corrected chi connectivity index (χ4v) is 0.970. The van der Waals surface area contributed by atoms with Crippen molar-refractivity contribution in [1.29, 1.82) is 0 Å². The van der Waals surface area contributed by atoms with Crippen molar-refractivity contribution in [2.45, 2.75) is 13.0 Å². The van der Waals surface area contributed by atoms with Gasteiger partial charge in [0.25, 0.3) is 0 Å². The van der Waals surface area contributed by atoms with Crippen LogP contribution in [0.3, 0.4) is 0 Å². The second-order valence-corrected chi connectivity index (χ2v) is 2.56. The Kier molecular flexibility index (Phi) is 2.26. The van der Waals surface area contributed by atoms with Crippen molar-refractivity contribution in [3.05, 3.63) is 17.5 Å². The summed E-state index contributed by atoms with van der Waals surface area (Å²) in [5.41, 5.74) is 7.07. The monoisotopic (exact) mass is 155 g/mol. The van der Waals surface area contributed by atoms with Crippen molar-refractivity contribution in [1.82, 2.24) is 9.78 Å². The van der Waals surface area contributed by atoms with Crippen LogP contribution in [-0.4, -0.2) is 21.4 Å². The Balaban J connectivity index is 2.94. The lowest BCUT2D eigenvalue weighted by atomic mass is 10.1. The molecule has 0 radical (unpaired) electrons. The minimum Gasteiger partial charge on any atom is -0.387 e. The predicted octanol–water partition coefficient (Wildman–Crippen LogP) is -0.279. The Morgan fingerprint density at radius 1 is 1.82 bits per heavy atom. The molecule has 1 atom stereocenters. The smallest absolute Gasteiger partial charge is 0.0945 e. The van der Waals surface area contributed by atoms with Crippen LogP contribution in [-0.2, 0) is 7.05 Å². The van der Waals surface area contributed by atoms with E-state index in [4.69, 9.17) is 5.73 Å². The lowest BCUT2D eigenvalue weighted by Gasteiger charge is -2.05. The molecule has 0 saturated carbocycles. The first-order valence-electron chi connectivity index (χ1n) is 3.53. The SMILES string of the molecule is Cc1c([C@@H](O)CN)cnn1C. The summed E-state index contributed by atoms with van der Waals surface area (Å²) < 4.78 is 1.72. The van der Waals surface area contributed by atoms with Crippen LogP contribution >= 0.6 is 0 Å². The van der Waals surface area contributed by atoms with Crippen molar-refractivity contribution >= 4 is 0 Å². The van der Waals surface area contributed by atoms with E-state index in [-0.39, 0.29) is 6.54 Å². The standard InChI is InChI=1S/C7H13N3O/c1-5-6(7(11)3-8)4-9-10(5)2/h4,7,11H,3,8H2,1-2H3/t7-/m0/s1. The number of hydrogen-bond donors (Lipinski definition) is 2. The van der Waals surface area contributed by atoms with Gasteiger partial charge >= 0.3 is 0 Å². The van der Waals surface area contributed by atoms with E-state index in [0.717, 1.165) is 11.3 Å². The number of aliphatic hydroxyl groups excluding tert-OH is 1. The Bertz CT molecular complexity index is 244. The third-order valence-corrected chi connectivity index (χ3v) is 1.86. The molecule has 0 aliphatic heterocycles. The molecule has 4 nitrogen and oxygen atoms in total. The highest BCUT2D eigenvalue weighted by Crippen LogP contribution is 2.14. The van der Waals surface area contributed by atoms with Crippen LogP contribution in [0.5, 0.6) is 0 Å². The summed E-state index contributed by atoms with van der Waals surface area (Å²) in [6.45, 7) is 2.15. The molecule has 1 aromatic rings. The summed E-state index contributed by atoms with van der Waals surface area (Å²) in [5, 5.41) is 13.3. The number of nitrogens with two attached hydrogens (primary N) is 1. The summed E-state index contributed by atoms with van der Waals surface area (Å²) in [5.74, 6) is 0. The quantitative estimate of drug-likeness (QED) is 0.617. The molecule has 1 aromatic heterocycles. The van der Waals surface area contributed by atoms with Crippen LogP contribution in [0, 0.1) is 6.92 Å². The van der Waals surface area contributed by atoms with Crippen molar-refractivity contribution in [3.8, 4) is 0 Å². The largest absolute Gasteiger partial charge is 0.387 e. The molecular formula is C7H13N3O. The summed E-state index contributed by atoms with van der Waals surface area (Å²) in [7, 11) is 1.84. The van der Waals surface area contributed by atoms with E-state index in [1.807, 2.05) is 14.0 Å². The van der Waals surface area contributed by atoms with E-state index < -0.39 is 6.10 Å². The maximum absolute atomic E-state index is 9.35. The summed E-state index contributed by atoms with van der Waals surface area (Å²) >= 11 is 0. The molecule has 0 unspecified atom stereocenters. The van der Waals surface area contributed by atoms with Gasteiger partial charge in [0, 0.05) is 24.8 Å². The normalized spacial score (nSPS) is 13.5. The Labute approximate surface area is 65.6 Å². The first-order chi connectivity index (χ1) is 5.16. The Hall–Kier alpha value is -0.870. The Morgan fingerprint density at radius 2 is 2.45 bits per heavy atom. The molecule has 62 valence electrons. The van der Waals surface area contributed by atoms with Crippen molar-refractivity contribution in [2.24, 2.45) is 12.8 Å². The van der Waals surface area contributed by atoms with E-state index >= 15 is 0 Å². The zero-order valence-electron chi connectivity index (χ0n) is 6.78. The van der Waals surface area contributed by atoms with Gasteiger partial charge in [-0.1, -0.05) is 0 Å². The lowest BCUT2D eigenvalue weighted by molar-refractivity contribution is 0.186. The number of aliphatic hydroxyl groups is 1. The van der Waals surface area contributed by atoms with Crippen molar-refractivity contribution < 1.29 is 5.11 Å².